The number of anilines is 1. The third kappa shape index (κ3) is 5.44. The number of hydrogen-bond donors (Lipinski definition) is 2. The average molecular weight is 426 g/mol. The molecule has 3 aromatic carbocycles. The minimum Gasteiger partial charge on any atom is -0.322 e. The van der Waals surface area contributed by atoms with E-state index in [-0.39, 0.29) is 11.8 Å². The molecule has 0 aliphatic rings. The summed E-state index contributed by atoms with van der Waals surface area (Å²) in [6.45, 7) is 1.76. The van der Waals surface area contributed by atoms with E-state index >= 15 is 0 Å². The highest BCUT2D eigenvalue weighted by Gasteiger charge is 2.10. The van der Waals surface area contributed by atoms with Crippen molar-refractivity contribution in [3.05, 3.63) is 99.5 Å². The van der Waals surface area contributed by atoms with Crippen molar-refractivity contribution < 1.29 is 9.59 Å². The first-order valence-corrected chi connectivity index (χ1v) is 9.46. The summed E-state index contributed by atoms with van der Waals surface area (Å²) in [5.74, 6) is -0.650. The predicted octanol–water partition coefficient (Wildman–Crippen LogP) is 5.40. The van der Waals surface area contributed by atoms with Gasteiger partial charge in [-0.3, -0.25) is 9.59 Å². The van der Waals surface area contributed by atoms with Crippen LogP contribution in [-0.2, 0) is 0 Å². The van der Waals surface area contributed by atoms with Crippen molar-refractivity contribution in [2.45, 2.75) is 6.92 Å². The molecule has 0 saturated heterocycles. The lowest BCUT2D eigenvalue weighted by Crippen LogP contribution is -2.19. The van der Waals surface area contributed by atoms with Crippen LogP contribution < -0.4 is 10.7 Å². The lowest BCUT2D eigenvalue weighted by atomic mass is 10.1. The molecule has 0 atom stereocenters. The Morgan fingerprint density at radius 2 is 1.55 bits per heavy atom. The van der Waals surface area contributed by atoms with E-state index < -0.39 is 0 Å². The molecular weight excluding hydrogens is 409 g/mol. The number of hydrazone groups is 1. The quantitative estimate of drug-likeness (QED) is 0.424. The highest BCUT2D eigenvalue weighted by molar-refractivity contribution is 6.34. The number of rotatable bonds is 5. The van der Waals surface area contributed by atoms with Crippen molar-refractivity contribution in [2.24, 2.45) is 5.10 Å². The lowest BCUT2D eigenvalue weighted by Gasteiger charge is -2.09. The summed E-state index contributed by atoms with van der Waals surface area (Å²) in [5.41, 5.74) is 5.27. The van der Waals surface area contributed by atoms with Gasteiger partial charge in [0.05, 0.1) is 16.3 Å². The highest BCUT2D eigenvalue weighted by atomic mass is 35.5. The van der Waals surface area contributed by atoms with Crippen molar-refractivity contribution in [1.29, 1.82) is 0 Å². The van der Waals surface area contributed by atoms with Gasteiger partial charge in [0, 0.05) is 16.3 Å². The molecule has 0 aliphatic carbocycles. The molecule has 29 heavy (non-hydrogen) atoms. The van der Waals surface area contributed by atoms with E-state index in [1.54, 1.807) is 73.7 Å². The Balaban J connectivity index is 1.70. The van der Waals surface area contributed by atoms with Crippen molar-refractivity contribution in [1.82, 2.24) is 5.43 Å². The number of amides is 2. The normalized spacial score (nSPS) is 11.1. The second-order valence-electron chi connectivity index (χ2n) is 6.16. The second-order valence-corrected chi connectivity index (χ2v) is 7.00. The fourth-order valence-electron chi connectivity index (χ4n) is 2.53. The van der Waals surface area contributed by atoms with E-state index in [1.165, 1.54) is 0 Å². The fraction of sp³-hybridized carbons (Fsp3) is 0.0455. The summed E-state index contributed by atoms with van der Waals surface area (Å²) in [6.07, 6.45) is 0. The molecular formula is C22H17Cl2N3O2. The number of nitrogens with one attached hydrogen (secondary N) is 2. The Morgan fingerprint density at radius 1 is 0.828 bits per heavy atom. The molecule has 0 aromatic heterocycles. The summed E-state index contributed by atoms with van der Waals surface area (Å²) in [5, 5.41) is 7.88. The van der Waals surface area contributed by atoms with E-state index in [1.807, 2.05) is 6.07 Å². The van der Waals surface area contributed by atoms with Gasteiger partial charge in [-0.15, -0.1) is 0 Å². The van der Waals surface area contributed by atoms with Gasteiger partial charge in [0.1, 0.15) is 0 Å². The summed E-state index contributed by atoms with van der Waals surface area (Å²) < 4.78 is 0. The van der Waals surface area contributed by atoms with Gasteiger partial charge in [-0.2, -0.15) is 5.10 Å². The summed E-state index contributed by atoms with van der Waals surface area (Å²) in [4.78, 5) is 24.6. The Hall–Kier alpha value is -3.15. The molecule has 146 valence electrons. The first-order chi connectivity index (χ1) is 13.9. The lowest BCUT2D eigenvalue weighted by molar-refractivity contribution is 0.0954. The largest absolute Gasteiger partial charge is 0.322 e. The Kier molecular flexibility index (Phi) is 6.65. The monoisotopic (exact) mass is 425 g/mol. The van der Waals surface area contributed by atoms with E-state index in [0.717, 1.165) is 5.56 Å². The first kappa shape index (κ1) is 20.6. The minimum absolute atomic E-state index is 0.307. The molecule has 0 fully saturated rings. The van der Waals surface area contributed by atoms with Crippen molar-refractivity contribution in [3.63, 3.8) is 0 Å². The molecule has 0 radical (unpaired) electrons. The number of carbonyl (C=O) groups excluding carboxylic acids is 2. The van der Waals surface area contributed by atoms with Crippen molar-refractivity contribution in [2.75, 3.05) is 5.32 Å². The number of nitrogens with zero attached hydrogens (tertiary/aromatic N) is 1. The van der Waals surface area contributed by atoms with Gasteiger partial charge in [-0.05, 0) is 61.0 Å². The van der Waals surface area contributed by atoms with E-state index in [0.29, 0.717) is 32.6 Å². The van der Waals surface area contributed by atoms with Gasteiger partial charge in [0.25, 0.3) is 11.8 Å². The van der Waals surface area contributed by atoms with E-state index in [2.05, 4.69) is 15.8 Å². The second kappa shape index (κ2) is 9.37. The fourth-order valence-corrected chi connectivity index (χ4v) is 2.88. The number of carbonyl (C=O) groups is 2. The van der Waals surface area contributed by atoms with Crippen LogP contribution in [0.1, 0.15) is 33.2 Å². The van der Waals surface area contributed by atoms with Crippen LogP contribution in [0.25, 0.3) is 0 Å². The SMILES string of the molecule is CC(=NNC(=O)c1ccc(Cl)cc1)c1cccc(NC(=O)c2ccccc2Cl)c1. The maximum atomic E-state index is 12.4. The summed E-state index contributed by atoms with van der Waals surface area (Å²) >= 11 is 11.9. The Labute approximate surface area is 178 Å². The van der Waals surface area contributed by atoms with Gasteiger partial charge in [-0.25, -0.2) is 5.43 Å². The molecule has 3 rings (SSSR count). The molecule has 5 nitrogen and oxygen atoms in total. The zero-order valence-corrected chi connectivity index (χ0v) is 17.0. The molecule has 0 bridgehead atoms. The van der Waals surface area contributed by atoms with Crippen LogP contribution in [0.5, 0.6) is 0 Å². The first-order valence-electron chi connectivity index (χ1n) is 8.70. The molecule has 2 N–H and O–H groups in total. The number of halogens is 2. The molecule has 0 spiro atoms. The maximum Gasteiger partial charge on any atom is 0.271 e. The van der Waals surface area contributed by atoms with Crippen LogP contribution in [0, 0.1) is 0 Å². The molecule has 0 heterocycles. The van der Waals surface area contributed by atoms with Crippen LogP contribution in [0.3, 0.4) is 0 Å². The Bertz CT molecular complexity index is 1080. The van der Waals surface area contributed by atoms with Gasteiger partial charge < -0.3 is 5.32 Å². The topological polar surface area (TPSA) is 70.6 Å². The van der Waals surface area contributed by atoms with Crippen LogP contribution >= 0.6 is 23.2 Å². The molecule has 3 aromatic rings. The third-order valence-electron chi connectivity index (χ3n) is 4.09. The van der Waals surface area contributed by atoms with Gasteiger partial charge in [-0.1, -0.05) is 47.5 Å². The molecule has 0 unspecified atom stereocenters. The van der Waals surface area contributed by atoms with E-state index in [9.17, 15) is 9.59 Å². The average Bonchev–Trinajstić information content (AvgIpc) is 2.72. The van der Waals surface area contributed by atoms with Crippen molar-refractivity contribution in [3.8, 4) is 0 Å². The Morgan fingerprint density at radius 3 is 2.28 bits per heavy atom. The van der Waals surface area contributed by atoms with Crippen LogP contribution in [0.15, 0.2) is 77.9 Å². The van der Waals surface area contributed by atoms with Crippen LogP contribution in [-0.4, -0.2) is 17.5 Å². The third-order valence-corrected chi connectivity index (χ3v) is 4.67. The highest BCUT2D eigenvalue weighted by Crippen LogP contribution is 2.18. The smallest absolute Gasteiger partial charge is 0.271 e. The van der Waals surface area contributed by atoms with Gasteiger partial charge in [0.15, 0.2) is 0 Å². The van der Waals surface area contributed by atoms with Gasteiger partial charge >= 0.3 is 0 Å². The molecule has 0 aliphatic heterocycles. The standard InChI is InChI=1S/C22H17Cl2N3O2/c1-14(26-27-21(28)15-9-11-17(23)12-10-15)16-5-4-6-18(13-16)25-22(29)19-7-2-3-8-20(19)24/h2-13H,1H3,(H,25,29)(H,27,28). The van der Waals surface area contributed by atoms with Gasteiger partial charge in [0.2, 0.25) is 0 Å². The number of hydrogen-bond acceptors (Lipinski definition) is 3. The molecule has 2 amide bonds. The van der Waals surface area contributed by atoms with Crippen molar-refractivity contribution >= 4 is 46.4 Å². The predicted molar refractivity (Wildman–Crippen MR) is 117 cm³/mol. The summed E-state index contributed by atoms with van der Waals surface area (Å²) in [6, 6.07) is 20.5. The maximum absolute atomic E-state index is 12.4. The minimum atomic E-state index is -0.343. The van der Waals surface area contributed by atoms with E-state index in [4.69, 9.17) is 23.2 Å². The summed E-state index contributed by atoms with van der Waals surface area (Å²) in [7, 11) is 0. The zero-order chi connectivity index (χ0) is 20.8. The van der Waals surface area contributed by atoms with Crippen LogP contribution in [0.2, 0.25) is 10.0 Å². The zero-order valence-electron chi connectivity index (χ0n) is 15.4. The molecule has 7 heteroatoms. The number of benzene rings is 3. The van der Waals surface area contributed by atoms with Crippen LogP contribution in [0.4, 0.5) is 5.69 Å². The molecule has 0 saturated carbocycles.